The summed E-state index contributed by atoms with van der Waals surface area (Å²) < 4.78 is 41.3. The summed E-state index contributed by atoms with van der Waals surface area (Å²) in [6.07, 6.45) is 4.04. The van der Waals surface area contributed by atoms with Crippen LogP contribution in [0.5, 0.6) is 0 Å². The molecule has 34 heavy (non-hydrogen) atoms. The minimum absolute atomic E-state index is 0.00351. The lowest BCUT2D eigenvalue weighted by Crippen LogP contribution is -2.41. The van der Waals surface area contributed by atoms with E-state index in [0.29, 0.717) is 30.9 Å². The summed E-state index contributed by atoms with van der Waals surface area (Å²) in [5.41, 5.74) is 3.15. The van der Waals surface area contributed by atoms with Crippen molar-refractivity contribution in [2.45, 2.75) is 56.5 Å². The molecule has 3 aromatic rings. The fraction of sp³-hybridized carbons (Fsp3) is 0.478. The number of nitrogens with zero attached hydrogens (tertiary/aromatic N) is 4. The van der Waals surface area contributed by atoms with Crippen molar-refractivity contribution in [1.82, 2.24) is 18.8 Å². The number of rotatable bonds is 7. The molecular weight excluding hydrogens is 458 g/mol. The fourth-order valence-electron chi connectivity index (χ4n) is 5.38. The van der Waals surface area contributed by atoms with Gasteiger partial charge in [0.15, 0.2) is 0 Å². The van der Waals surface area contributed by atoms with Crippen LogP contribution in [-0.4, -0.2) is 68.8 Å². The van der Waals surface area contributed by atoms with Crippen molar-refractivity contribution in [1.29, 1.82) is 0 Å². The summed E-state index contributed by atoms with van der Waals surface area (Å²) in [5.74, 6) is 0.695. The third kappa shape index (κ3) is 4.07. The molecule has 2 aliphatic rings. The van der Waals surface area contributed by atoms with Gasteiger partial charge >= 0.3 is 10.3 Å². The average molecular weight is 488 g/mol. The number of benzene rings is 1. The minimum Gasteiger partial charge on any atom is -0.391 e. The monoisotopic (exact) mass is 487 g/mol. The van der Waals surface area contributed by atoms with Crippen LogP contribution in [0.25, 0.3) is 11.0 Å². The predicted octanol–water partition coefficient (Wildman–Crippen LogP) is 2.34. The molecule has 0 saturated heterocycles. The first-order chi connectivity index (χ1) is 16.3. The highest BCUT2D eigenvalue weighted by Crippen LogP contribution is 2.39. The standard InChI is InChI=1S/C23H29N5O5S/c1-3-33-20-10-14-6-4-5-7-16(14)21(20)26-22-17-8-9-28(23(17)25-13-24-22)15-11-18(19(29)12-15)27(2)34(30,31)32/h4-9,13,15,18-21,29H,3,10-12H2,1-2H3,(H,24,25,26)(H,30,31,32)/t15-,18+,19+,20+,21-/m1/s1. The maximum absolute atomic E-state index is 11.6. The van der Waals surface area contributed by atoms with Crippen molar-refractivity contribution in [2.24, 2.45) is 0 Å². The van der Waals surface area contributed by atoms with Crippen LogP contribution in [0.1, 0.15) is 43.0 Å². The molecule has 2 heterocycles. The molecule has 0 bridgehead atoms. The molecule has 10 nitrogen and oxygen atoms in total. The van der Waals surface area contributed by atoms with Gasteiger partial charge in [0, 0.05) is 32.3 Å². The third-order valence-corrected chi connectivity index (χ3v) is 8.06. The van der Waals surface area contributed by atoms with E-state index >= 15 is 0 Å². The largest absolute Gasteiger partial charge is 0.391 e. The predicted molar refractivity (Wildman–Crippen MR) is 127 cm³/mol. The number of anilines is 1. The van der Waals surface area contributed by atoms with Gasteiger partial charge in [-0.05, 0) is 37.0 Å². The molecule has 3 N–H and O–H groups in total. The van der Waals surface area contributed by atoms with E-state index in [2.05, 4.69) is 27.4 Å². The molecule has 0 spiro atoms. The van der Waals surface area contributed by atoms with Gasteiger partial charge in [0.25, 0.3) is 0 Å². The summed E-state index contributed by atoms with van der Waals surface area (Å²) in [6, 6.07) is 9.31. The lowest BCUT2D eigenvalue weighted by molar-refractivity contribution is 0.0574. The Hall–Kier alpha value is -2.57. The highest BCUT2D eigenvalue weighted by atomic mass is 32.2. The summed E-state index contributed by atoms with van der Waals surface area (Å²) in [5, 5.41) is 14.9. The number of ether oxygens (including phenoxy) is 1. The van der Waals surface area contributed by atoms with E-state index in [1.54, 1.807) is 0 Å². The maximum Gasteiger partial charge on any atom is 0.335 e. The summed E-state index contributed by atoms with van der Waals surface area (Å²) in [6.45, 7) is 2.61. The highest BCUT2D eigenvalue weighted by Gasteiger charge is 2.40. The van der Waals surface area contributed by atoms with Crippen LogP contribution in [0.15, 0.2) is 42.9 Å². The van der Waals surface area contributed by atoms with Crippen molar-refractivity contribution in [3.8, 4) is 0 Å². The SMILES string of the molecule is CCO[C@H]1Cc2ccccc2[C@H]1Nc1ncnc2c1ccn2[C@H]1C[C@H](O)[C@@H](N(C)S(=O)(=O)O)C1. The molecule has 11 heteroatoms. The molecular formula is C23H29N5O5S. The van der Waals surface area contributed by atoms with Gasteiger partial charge in [-0.3, -0.25) is 4.55 Å². The molecule has 0 aliphatic heterocycles. The Morgan fingerprint density at radius 1 is 1.24 bits per heavy atom. The van der Waals surface area contributed by atoms with E-state index in [9.17, 15) is 18.1 Å². The van der Waals surface area contributed by atoms with Crippen molar-refractivity contribution < 1.29 is 22.8 Å². The molecule has 2 aromatic heterocycles. The van der Waals surface area contributed by atoms with Gasteiger partial charge in [0.1, 0.15) is 17.8 Å². The topological polar surface area (TPSA) is 130 Å². The summed E-state index contributed by atoms with van der Waals surface area (Å²) in [4.78, 5) is 8.99. The van der Waals surface area contributed by atoms with E-state index in [0.717, 1.165) is 16.1 Å². The molecule has 182 valence electrons. The number of likely N-dealkylation sites (N-methyl/N-ethyl adjacent to an activating group) is 1. The number of fused-ring (bicyclic) bond motifs is 2. The van der Waals surface area contributed by atoms with Crippen LogP contribution < -0.4 is 5.32 Å². The van der Waals surface area contributed by atoms with Crippen LogP contribution in [0, 0.1) is 0 Å². The van der Waals surface area contributed by atoms with Gasteiger partial charge in [-0.25, -0.2) is 9.97 Å². The Balaban J connectivity index is 1.44. The number of aliphatic hydroxyl groups excluding tert-OH is 1. The van der Waals surface area contributed by atoms with E-state index in [-0.39, 0.29) is 18.2 Å². The van der Waals surface area contributed by atoms with Crippen LogP contribution in [0.2, 0.25) is 0 Å². The number of aromatic nitrogens is 3. The van der Waals surface area contributed by atoms with Crippen molar-refractivity contribution >= 4 is 27.2 Å². The number of hydrogen-bond donors (Lipinski definition) is 3. The first kappa shape index (κ1) is 23.2. The Kier molecular flexibility index (Phi) is 6.07. The summed E-state index contributed by atoms with van der Waals surface area (Å²) in [7, 11) is -3.12. The van der Waals surface area contributed by atoms with Crippen LogP contribution in [-0.2, 0) is 21.5 Å². The first-order valence-corrected chi connectivity index (χ1v) is 12.8. The lowest BCUT2D eigenvalue weighted by atomic mass is 10.1. The average Bonchev–Trinajstić information content (AvgIpc) is 3.49. The van der Waals surface area contributed by atoms with Crippen LogP contribution in [0.3, 0.4) is 0 Å². The van der Waals surface area contributed by atoms with E-state index in [4.69, 9.17) is 4.74 Å². The zero-order valence-electron chi connectivity index (χ0n) is 19.1. The van der Waals surface area contributed by atoms with Crippen LogP contribution in [0.4, 0.5) is 5.82 Å². The second-order valence-electron chi connectivity index (χ2n) is 8.96. The van der Waals surface area contributed by atoms with Gasteiger partial charge in [0.05, 0.1) is 29.7 Å². The third-order valence-electron chi connectivity index (χ3n) is 7.06. The zero-order chi connectivity index (χ0) is 24.0. The van der Waals surface area contributed by atoms with E-state index in [1.807, 2.05) is 35.9 Å². The van der Waals surface area contributed by atoms with Crippen molar-refractivity contribution in [3.63, 3.8) is 0 Å². The van der Waals surface area contributed by atoms with Gasteiger partial charge in [-0.15, -0.1) is 0 Å². The minimum atomic E-state index is -4.39. The normalized spacial score (nSPS) is 26.9. The molecule has 0 radical (unpaired) electrons. The Morgan fingerprint density at radius 3 is 2.79 bits per heavy atom. The number of nitrogens with one attached hydrogen (secondary N) is 1. The molecule has 0 amide bonds. The quantitative estimate of drug-likeness (QED) is 0.433. The molecule has 1 saturated carbocycles. The maximum atomic E-state index is 11.6. The Morgan fingerprint density at radius 2 is 2.03 bits per heavy atom. The van der Waals surface area contributed by atoms with Gasteiger partial charge in [0.2, 0.25) is 0 Å². The van der Waals surface area contributed by atoms with Crippen molar-refractivity contribution in [3.05, 3.63) is 54.0 Å². The van der Waals surface area contributed by atoms with Gasteiger partial charge in [-0.1, -0.05) is 24.3 Å². The van der Waals surface area contributed by atoms with Crippen molar-refractivity contribution in [2.75, 3.05) is 19.0 Å². The molecule has 5 atom stereocenters. The first-order valence-electron chi connectivity index (χ1n) is 11.4. The number of hydrogen-bond acceptors (Lipinski definition) is 7. The smallest absolute Gasteiger partial charge is 0.335 e. The fourth-order valence-corrected chi connectivity index (χ4v) is 5.95. The van der Waals surface area contributed by atoms with Gasteiger partial charge < -0.3 is 19.7 Å². The van der Waals surface area contributed by atoms with E-state index < -0.39 is 22.4 Å². The summed E-state index contributed by atoms with van der Waals surface area (Å²) >= 11 is 0. The Labute approximate surface area is 198 Å². The number of aliphatic hydroxyl groups is 1. The highest BCUT2D eigenvalue weighted by molar-refractivity contribution is 7.83. The Bertz CT molecular complexity index is 1300. The van der Waals surface area contributed by atoms with E-state index in [1.165, 1.54) is 24.5 Å². The second-order valence-corrected chi connectivity index (χ2v) is 10.4. The molecule has 1 aromatic carbocycles. The van der Waals surface area contributed by atoms with Crippen LogP contribution >= 0.6 is 0 Å². The lowest BCUT2D eigenvalue weighted by Gasteiger charge is -2.23. The molecule has 0 unspecified atom stereocenters. The van der Waals surface area contributed by atoms with Gasteiger partial charge in [-0.2, -0.15) is 12.7 Å². The molecule has 2 aliphatic carbocycles. The zero-order valence-corrected chi connectivity index (χ0v) is 19.9. The molecule has 1 fully saturated rings. The second kappa shape index (κ2) is 8.90. The molecule has 5 rings (SSSR count).